The van der Waals surface area contributed by atoms with Gasteiger partial charge in [-0.15, -0.1) is 0 Å². The Morgan fingerprint density at radius 1 is 0.867 bits per heavy atom. The summed E-state index contributed by atoms with van der Waals surface area (Å²) in [6.07, 6.45) is 0. The van der Waals surface area contributed by atoms with Crippen molar-refractivity contribution in [1.29, 1.82) is 0 Å². The number of amides is 1. The second-order valence-electron chi connectivity index (χ2n) is 6.16. The summed E-state index contributed by atoms with van der Waals surface area (Å²) in [5, 5.41) is 2.73. The molecule has 0 bridgehead atoms. The maximum atomic E-state index is 12.6. The van der Waals surface area contributed by atoms with E-state index < -0.39 is 10.0 Å². The molecule has 0 atom stereocenters. The van der Waals surface area contributed by atoms with Gasteiger partial charge in [-0.3, -0.25) is 9.52 Å². The van der Waals surface area contributed by atoms with Gasteiger partial charge in [-0.25, -0.2) is 8.42 Å². The van der Waals surface area contributed by atoms with E-state index >= 15 is 0 Å². The highest BCUT2D eigenvalue weighted by Gasteiger charge is 2.16. The molecule has 156 valence electrons. The molecule has 0 aliphatic carbocycles. The van der Waals surface area contributed by atoms with Crippen molar-refractivity contribution in [2.75, 3.05) is 24.3 Å². The number of nitrogens with one attached hydrogen (secondary N) is 2. The zero-order valence-corrected chi connectivity index (χ0v) is 18.6. The lowest BCUT2D eigenvalue weighted by Gasteiger charge is -2.11. The van der Waals surface area contributed by atoms with Gasteiger partial charge in [0.25, 0.3) is 15.9 Å². The second-order valence-corrected chi connectivity index (χ2v) is 8.76. The van der Waals surface area contributed by atoms with E-state index in [1.54, 1.807) is 42.5 Å². The van der Waals surface area contributed by atoms with Crippen LogP contribution in [0.5, 0.6) is 11.5 Å². The van der Waals surface area contributed by atoms with Crippen LogP contribution in [0, 0.1) is 0 Å². The summed E-state index contributed by atoms with van der Waals surface area (Å²) in [6.45, 7) is 0. The third kappa shape index (κ3) is 5.11. The van der Waals surface area contributed by atoms with Crippen LogP contribution in [0.2, 0.25) is 0 Å². The molecule has 30 heavy (non-hydrogen) atoms. The average Bonchev–Trinajstić information content (AvgIpc) is 2.74. The number of hydrogen-bond donors (Lipinski definition) is 2. The molecule has 3 aromatic rings. The van der Waals surface area contributed by atoms with Crippen LogP contribution in [0.25, 0.3) is 0 Å². The van der Waals surface area contributed by atoms with Crippen molar-refractivity contribution in [3.05, 3.63) is 76.8 Å². The van der Waals surface area contributed by atoms with E-state index in [-0.39, 0.29) is 10.8 Å². The Kier molecular flexibility index (Phi) is 6.63. The van der Waals surface area contributed by atoms with E-state index in [2.05, 4.69) is 26.0 Å². The third-order valence-electron chi connectivity index (χ3n) is 4.17. The zero-order chi connectivity index (χ0) is 21.7. The van der Waals surface area contributed by atoms with E-state index in [0.717, 1.165) is 4.47 Å². The number of anilines is 2. The first-order valence-electron chi connectivity index (χ1n) is 8.74. The zero-order valence-electron chi connectivity index (χ0n) is 16.2. The van der Waals surface area contributed by atoms with Crippen molar-refractivity contribution in [3.8, 4) is 11.5 Å². The Morgan fingerprint density at radius 2 is 1.50 bits per heavy atom. The summed E-state index contributed by atoms with van der Waals surface area (Å²) >= 11 is 3.33. The number of hydrogen-bond acceptors (Lipinski definition) is 5. The Labute approximate surface area is 183 Å². The van der Waals surface area contributed by atoms with Gasteiger partial charge in [0.2, 0.25) is 0 Å². The number of halogens is 1. The number of carbonyl (C=O) groups is 1. The Morgan fingerprint density at radius 3 is 2.10 bits per heavy atom. The summed E-state index contributed by atoms with van der Waals surface area (Å²) in [5.41, 5.74) is 1.21. The number of methoxy groups -OCH3 is 2. The molecular formula is C21H19BrN2O5S. The van der Waals surface area contributed by atoms with Crippen molar-refractivity contribution in [2.24, 2.45) is 0 Å². The first-order chi connectivity index (χ1) is 14.3. The number of sulfonamides is 1. The van der Waals surface area contributed by atoms with Crippen molar-refractivity contribution >= 4 is 43.2 Å². The summed E-state index contributed by atoms with van der Waals surface area (Å²) in [7, 11) is -0.761. The number of benzene rings is 3. The van der Waals surface area contributed by atoms with E-state index in [9.17, 15) is 13.2 Å². The molecule has 0 saturated heterocycles. The fraction of sp³-hybridized carbons (Fsp3) is 0.0952. The van der Waals surface area contributed by atoms with E-state index in [0.29, 0.717) is 28.4 Å². The third-order valence-corrected chi connectivity index (χ3v) is 6.06. The number of carbonyl (C=O) groups excluding carboxylic acids is 1. The minimum Gasteiger partial charge on any atom is -0.497 e. The van der Waals surface area contributed by atoms with Gasteiger partial charge in [-0.05, 0) is 66.7 Å². The Hall–Kier alpha value is -3.04. The average molecular weight is 491 g/mol. The van der Waals surface area contributed by atoms with Crippen LogP contribution in [0.4, 0.5) is 11.4 Å². The largest absolute Gasteiger partial charge is 0.497 e. The van der Waals surface area contributed by atoms with Gasteiger partial charge in [0.05, 0.1) is 24.7 Å². The molecule has 0 aliphatic heterocycles. The highest BCUT2D eigenvalue weighted by molar-refractivity contribution is 9.10. The van der Waals surface area contributed by atoms with Gasteiger partial charge < -0.3 is 14.8 Å². The van der Waals surface area contributed by atoms with Crippen LogP contribution in [0.3, 0.4) is 0 Å². The minimum absolute atomic E-state index is 0.0661. The van der Waals surface area contributed by atoms with Crippen LogP contribution in [-0.4, -0.2) is 28.5 Å². The molecule has 3 rings (SSSR count). The summed E-state index contributed by atoms with van der Waals surface area (Å²) in [5.74, 6) is 0.679. The molecule has 0 heterocycles. The van der Waals surface area contributed by atoms with Crippen LogP contribution < -0.4 is 19.5 Å². The molecule has 0 fully saturated rings. The van der Waals surface area contributed by atoms with Crippen molar-refractivity contribution < 1.29 is 22.7 Å². The van der Waals surface area contributed by atoms with Crippen LogP contribution in [0.1, 0.15) is 10.4 Å². The Bertz CT molecular complexity index is 1150. The lowest BCUT2D eigenvalue weighted by atomic mass is 10.2. The van der Waals surface area contributed by atoms with Gasteiger partial charge >= 0.3 is 0 Å². The van der Waals surface area contributed by atoms with Crippen molar-refractivity contribution in [1.82, 2.24) is 0 Å². The molecule has 0 unspecified atom stereocenters. The monoisotopic (exact) mass is 490 g/mol. The number of ether oxygens (including phenoxy) is 2. The summed E-state index contributed by atoms with van der Waals surface area (Å²) in [4.78, 5) is 12.6. The maximum absolute atomic E-state index is 12.6. The molecule has 0 saturated carbocycles. The molecular weight excluding hydrogens is 472 g/mol. The SMILES string of the molecule is COc1ccc(NS(=O)(=O)c2ccc(NC(=O)c3cc(Br)ccc3OC)cc2)cc1. The minimum atomic E-state index is -3.78. The highest BCUT2D eigenvalue weighted by atomic mass is 79.9. The predicted octanol–water partition coefficient (Wildman–Crippen LogP) is 4.52. The lowest BCUT2D eigenvalue weighted by molar-refractivity contribution is 0.102. The van der Waals surface area contributed by atoms with Crippen LogP contribution >= 0.6 is 15.9 Å². The molecule has 0 spiro atoms. The fourth-order valence-electron chi connectivity index (χ4n) is 2.65. The second kappa shape index (κ2) is 9.19. The Balaban J connectivity index is 1.74. The van der Waals surface area contributed by atoms with Crippen molar-refractivity contribution in [3.63, 3.8) is 0 Å². The summed E-state index contributed by atoms with van der Waals surface area (Å²) < 4.78 is 38.7. The molecule has 3 aromatic carbocycles. The van der Waals surface area contributed by atoms with E-state index in [1.807, 2.05) is 0 Å². The lowest BCUT2D eigenvalue weighted by Crippen LogP contribution is -2.14. The molecule has 0 aliphatic rings. The van der Waals surface area contributed by atoms with Gasteiger partial charge in [0.15, 0.2) is 0 Å². The molecule has 0 radical (unpaired) electrons. The van der Waals surface area contributed by atoms with E-state index in [1.165, 1.54) is 38.5 Å². The first kappa shape index (κ1) is 21.7. The van der Waals surface area contributed by atoms with Crippen LogP contribution in [-0.2, 0) is 10.0 Å². The molecule has 0 aromatic heterocycles. The van der Waals surface area contributed by atoms with Gasteiger partial charge in [0, 0.05) is 15.8 Å². The standard InChI is InChI=1S/C21H19BrN2O5S/c1-28-17-8-4-16(5-9-17)24-30(26,27)18-10-6-15(7-11-18)23-21(25)19-13-14(22)3-12-20(19)29-2/h3-13,24H,1-2H3,(H,23,25). The molecule has 9 heteroatoms. The number of rotatable bonds is 7. The fourth-order valence-corrected chi connectivity index (χ4v) is 4.07. The maximum Gasteiger partial charge on any atom is 0.261 e. The first-order valence-corrected chi connectivity index (χ1v) is 11.0. The topological polar surface area (TPSA) is 93.7 Å². The quantitative estimate of drug-likeness (QED) is 0.507. The predicted molar refractivity (Wildman–Crippen MR) is 119 cm³/mol. The molecule has 7 nitrogen and oxygen atoms in total. The van der Waals surface area contributed by atoms with Crippen molar-refractivity contribution in [2.45, 2.75) is 4.90 Å². The summed E-state index contributed by atoms with van der Waals surface area (Å²) in [6, 6.07) is 17.5. The van der Waals surface area contributed by atoms with Crippen LogP contribution in [0.15, 0.2) is 76.1 Å². The van der Waals surface area contributed by atoms with Gasteiger partial charge in [-0.1, -0.05) is 15.9 Å². The normalized spacial score (nSPS) is 10.9. The van der Waals surface area contributed by atoms with Gasteiger partial charge in [0.1, 0.15) is 11.5 Å². The highest BCUT2D eigenvalue weighted by Crippen LogP contribution is 2.25. The molecule has 1 amide bonds. The smallest absolute Gasteiger partial charge is 0.261 e. The van der Waals surface area contributed by atoms with E-state index in [4.69, 9.17) is 9.47 Å². The van der Waals surface area contributed by atoms with Gasteiger partial charge in [-0.2, -0.15) is 0 Å². The molecule has 2 N–H and O–H groups in total.